The molecule has 2 rings (SSSR count). The molecule has 4 nitrogen and oxygen atoms in total. The van der Waals surface area contributed by atoms with Crippen LogP contribution in [0.1, 0.15) is 24.4 Å². The van der Waals surface area contributed by atoms with Gasteiger partial charge in [0.25, 0.3) is 0 Å². The van der Waals surface area contributed by atoms with Gasteiger partial charge in [-0.2, -0.15) is 0 Å². The smallest absolute Gasteiger partial charge is 0.244 e. The zero-order valence-corrected chi connectivity index (χ0v) is 9.94. The van der Waals surface area contributed by atoms with Crippen LogP contribution in [-0.4, -0.2) is 25.2 Å². The largest absolute Gasteiger partial charge is 0.462 e. The molecule has 0 radical (unpaired) electrons. The normalized spacial score (nSPS) is 19.9. The molecular weight excluding hydrogens is 218 g/mol. The van der Waals surface area contributed by atoms with Gasteiger partial charge in [-0.05, 0) is 38.0 Å². The van der Waals surface area contributed by atoms with E-state index in [0.717, 1.165) is 25.2 Å². The molecule has 4 heteroatoms. The van der Waals surface area contributed by atoms with Crippen molar-refractivity contribution >= 4 is 12.0 Å². The second-order valence-electron chi connectivity index (χ2n) is 4.16. The van der Waals surface area contributed by atoms with E-state index < -0.39 is 0 Å². The first-order chi connectivity index (χ1) is 8.24. The fourth-order valence-electron chi connectivity index (χ4n) is 1.78. The molecule has 1 aliphatic rings. The van der Waals surface area contributed by atoms with E-state index in [-0.39, 0.29) is 12.0 Å². The van der Waals surface area contributed by atoms with Gasteiger partial charge in [0, 0.05) is 19.2 Å². The summed E-state index contributed by atoms with van der Waals surface area (Å²) in [5.41, 5.74) is 0. The van der Waals surface area contributed by atoms with Crippen LogP contribution >= 0.6 is 0 Å². The standard InChI is InChI=1S/C13H17NO3/c1-10-4-5-11(17-10)6-7-13(15)14-9-12-3-2-8-16-12/h4-7,12H,2-3,8-9H2,1H3,(H,14,15)/b7-6-/t12-/m1/s1. The average Bonchev–Trinajstić information content (AvgIpc) is 2.95. The molecule has 2 heterocycles. The molecule has 0 spiro atoms. The number of hydrogen-bond acceptors (Lipinski definition) is 3. The number of carbonyl (C=O) groups excluding carboxylic acids is 1. The summed E-state index contributed by atoms with van der Waals surface area (Å²) in [6.07, 6.45) is 5.44. The molecule has 17 heavy (non-hydrogen) atoms. The molecule has 0 saturated carbocycles. The van der Waals surface area contributed by atoms with Gasteiger partial charge in [0.05, 0.1) is 6.10 Å². The third-order valence-electron chi connectivity index (χ3n) is 2.69. The highest BCUT2D eigenvalue weighted by molar-refractivity contribution is 5.91. The van der Waals surface area contributed by atoms with Crippen molar-refractivity contribution in [2.24, 2.45) is 0 Å². The average molecular weight is 235 g/mol. The van der Waals surface area contributed by atoms with E-state index in [1.54, 1.807) is 6.08 Å². The Labute approximate surface area is 101 Å². The van der Waals surface area contributed by atoms with Crippen molar-refractivity contribution in [1.82, 2.24) is 5.32 Å². The van der Waals surface area contributed by atoms with Gasteiger partial charge in [-0.15, -0.1) is 0 Å². The topological polar surface area (TPSA) is 51.5 Å². The maximum Gasteiger partial charge on any atom is 0.244 e. The summed E-state index contributed by atoms with van der Waals surface area (Å²) in [7, 11) is 0. The molecule has 1 amide bonds. The van der Waals surface area contributed by atoms with E-state index in [2.05, 4.69) is 5.32 Å². The lowest BCUT2D eigenvalue weighted by Gasteiger charge is -2.08. The van der Waals surface area contributed by atoms with Crippen molar-refractivity contribution in [3.8, 4) is 0 Å². The van der Waals surface area contributed by atoms with Crippen LogP contribution in [0.4, 0.5) is 0 Å². The molecule has 0 unspecified atom stereocenters. The quantitative estimate of drug-likeness (QED) is 0.811. The van der Waals surface area contributed by atoms with Crippen molar-refractivity contribution in [1.29, 1.82) is 0 Å². The number of rotatable bonds is 4. The number of amides is 1. The van der Waals surface area contributed by atoms with Gasteiger partial charge >= 0.3 is 0 Å². The van der Waals surface area contributed by atoms with Crippen molar-refractivity contribution in [3.63, 3.8) is 0 Å². The maximum absolute atomic E-state index is 11.5. The zero-order valence-electron chi connectivity index (χ0n) is 9.94. The van der Waals surface area contributed by atoms with Crippen molar-refractivity contribution in [3.05, 3.63) is 29.7 Å². The molecule has 1 fully saturated rings. The van der Waals surface area contributed by atoms with E-state index in [0.29, 0.717) is 12.3 Å². The first-order valence-electron chi connectivity index (χ1n) is 5.88. The fraction of sp³-hybridized carbons (Fsp3) is 0.462. The molecule has 1 aliphatic heterocycles. The van der Waals surface area contributed by atoms with Crippen LogP contribution in [0.3, 0.4) is 0 Å². The van der Waals surface area contributed by atoms with Crippen LogP contribution < -0.4 is 5.32 Å². The maximum atomic E-state index is 11.5. The molecule has 92 valence electrons. The summed E-state index contributed by atoms with van der Waals surface area (Å²) in [5.74, 6) is 1.41. The molecule has 0 bridgehead atoms. The minimum Gasteiger partial charge on any atom is -0.462 e. The van der Waals surface area contributed by atoms with E-state index >= 15 is 0 Å². The molecule has 1 aromatic heterocycles. The van der Waals surface area contributed by atoms with E-state index in [1.807, 2.05) is 19.1 Å². The summed E-state index contributed by atoms with van der Waals surface area (Å²) in [6, 6.07) is 3.70. The second kappa shape index (κ2) is 5.68. The number of furan rings is 1. The third kappa shape index (κ3) is 3.75. The van der Waals surface area contributed by atoms with Crippen molar-refractivity contribution in [2.75, 3.05) is 13.2 Å². The second-order valence-corrected chi connectivity index (χ2v) is 4.16. The molecule has 1 saturated heterocycles. The Bertz CT molecular complexity index is 403. The predicted molar refractivity (Wildman–Crippen MR) is 64.5 cm³/mol. The van der Waals surface area contributed by atoms with E-state index in [4.69, 9.17) is 9.15 Å². The molecule has 0 aliphatic carbocycles. The first-order valence-corrected chi connectivity index (χ1v) is 5.88. The van der Waals surface area contributed by atoms with Crippen LogP contribution in [0.15, 0.2) is 22.6 Å². The van der Waals surface area contributed by atoms with Crippen LogP contribution in [0.2, 0.25) is 0 Å². The highest BCUT2D eigenvalue weighted by Gasteiger charge is 2.15. The number of hydrogen-bond donors (Lipinski definition) is 1. The molecule has 1 aromatic rings. The molecular formula is C13H17NO3. The highest BCUT2D eigenvalue weighted by atomic mass is 16.5. The van der Waals surface area contributed by atoms with Crippen LogP contribution in [0.25, 0.3) is 6.08 Å². The van der Waals surface area contributed by atoms with Gasteiger partial charge < -0.3 is 14.5 Å². The Kier molecular flexibility index (Phi) is 3.98. The number of carbonyl (C=O) groups is 1. The fourth-order valence-corrected chi connectivity index (χ4v) is 1.78. The summed E-state index contributed by atoms with van der Waals surface area (Å²) < 4.78 is 10.7. The van der Waals surface area contributed by atoms with Crippen molar-refractivity contribution in [2.45, 2.75) is 25.9 Å². The number of ether oxygens (including phenoxy) is 1. The van der Waals surface area contributed by atoms with Gasteiger partial charge in [0.15, 0.2) is 0 Å². The van der Waals surface area contributed by atoms with Gasteiger partial charge in [-0.1, -0.05) is 0 Å². The predicted octanol–water partition coefficient (Wildman–Crippen LogP) is 1.90. The Morgan fingerprint density at radius 2 is 2.47 bits per heavy atom. The summed E-state index contributed by atoms with van der Waals surface area (Å²) in [6.45, 7) is 3.26. The highest BCUT2D eigenvalue weighted by Crippen LogP contribution is 2.10. The molecule has 1 N–H and O–H groups in total. The van der Waals surface area contributed by atoms with Crippen LogP contribution in [-0.2, 0) is 9.53 Å². The summed E-state index contributed by atoms with van der Waals surface area (Å²) >= 11 is 0. The van der Waals surface area contributed by atoms with E-state index in [1.165, 1.54) is 6.08 Å². The lowest BCUT2D eigenvalue weighted by Crippen LogP contribution is -2.30. The Hall–Kier alpha value is -1.55. The summed E-state index contributed by atoms with van der Waals surface area (Å²) in [4.78, 5) is 11.5. The Balaban J connectivity index is 1.74. The summed E-state index contributed by atoms with van der Waals surface area (Å²) in [5, 5.41) is 2.81. The van der Waals surface area contributed by atoms with Gasteiger partial charge in [0.2, 0.25) is 5.91 Å². The number of aryl methyl sites for hydroxylation is 1. The van der Waals surface area contributed by atoms with Crippen LogP contribution in [0, 0.1) is 6.92 Å². The minimum atomic E-state index is -0.116. The van der Waals surface area contributed by atoms with Gasteiger partial charge in [-0.3, -0.25) is 4.79 Å². The molecule has 0 aromatic carbocycles. The van der Waals surface area contributed by atoms with Gasteiger partial charge in [-0.25, -0.2) is 0 Å². The lowest BCUT2D eigenvalue weighted by atomic mass is 10.2. The number of nitrogens with one attached hydrogen (secondary N) is 1. The van der Waals surface area contributed by atoms with Crippen LogP contribution in [0.5, 0.6) is 0 Å². The minimum absolute atomic E-state index is 0.116. The molecule has 1 atom stereocenters. The first kappa shape index (κ1) is 11.9. The third-order valence-corrected chi connectivity index (χ3v) is 2.69. The van der Waals surface area contributed by atoms with Gasteiger partial charge in [0.1, 0.15) is 11.5 Å². The monoisotopic (exact) mass is 235 g/mol. The Morgan fingerprint density at radius 1 is 1.59 bits per heavy atom. The van der Waals surface area contributed by atoms with Crippen molar-refractivity contribution < 1.29 is 13.9 Å². The Morgan fingerprint density at radius 3 is 3.12 bits per heavy atom. The van der Waals surface area contributed by atoms with E-state index in [9.17, 15) is 4.79 Å². The lowest BCUT2D eigenvalue weighted by molar-refractivity contribution is -0.116. The SMILES string of the molecule is Cc1ccc(/C=C\C(=O)NC[C@H]2CCCO2)o1. The zero-order chi connectivity index (χ0) is 12.1.